The third-order valence-electron chi connectivity index (χ3n) is 3.50. The molecule has 2 rings (SSSR count). The van der Waals surface area contributed by atoms with Crippen molar-refractivity contribution >= 4 is 15.9 Å². The van der Waals surface area contributed by atoms with E-state index in [1.807, 2.05) is 12.1 Å². The van der Waals surface area contributed by atoms with Gasteiger partial charge in [-0.1, -0.05) is 18.2 Å². The highest BCUT2D eigenvalue weighted by Crippen LogP contribution is 2.11. The van der Waals surface area contributed by atoms with Gasteiger partial charge in [0.25, 0.3) is 0 Å². The first-order valence-corrected chi connectivity index (χ1v) is 9.48. The molecule has 1 amide bonds. The lowest BCUT2D eigenvalue weighted by Gasteiger charge is -2.19. The molecule has 0 aliphatic rings. The van der Waals surface area contributed by atoms with E-state index in [0.29, 0.717) is 12.2 Å². The van der Waals surface area contributed by atoms with Crippen molar-refractivity contribution in [2.45, 2.75) is 13.1 Å². The minimum absolute atomic E-state index is 0.0512. The van der Waals surface area contributed by atoms with Crippen molar-refractivity contribution in [2.24, 2.45) is 0 Å². The Kier molecular flexibility index (Phi) is 6.49. The number of aromatic nitrogens is 1. The molecule has 134 valence electrons. The number of amides is 1. The van der Waals surface area contributed by atoms with Crippen LogP contribution in [0.2, 0.25) is 0 Å². The SMILES string of the molecule is COc1ccc(CNC(=O)CN(Cc2ccccn2)S(C)(=O)=O)cc1. The number of hydrogen-bond donors (Lipinski definition) is 1. The molecule has 0 unspecified atom stereocenters. The van der Waals surface area contributed by atoms with Gasteiger partial charge < -0.3 is 10.1 Å². The zero-order chi connectivity index (χ0) is 18.3. The van der Waals surface area contributed by atoms with Crippen molar-refractivity contribution in [3.63, 3.8) is 0 Å². The van der Waals surface area contributed by atoms with Gasteiger partial charge in [0, 0.05) is 12.7 Å². The number of benzene rings is 1. The summed E-state index contributed by atoms with van der Waals surface area (Å²) in [6, 6.07) is 12.5. The molecular weight excluding hydrogens is 342 g/mol. The summed E-state index contributed by atoms with van der Waals surface area (Å²) in [5.74, 6) is 0.353. The van der Waals surface area contributed by atoms with Crippen molar-refractivity contribution in [1.82, 2.24) is 14.6 Å². The van der Waals surface area contributed by atoms with Crippen LogP contribution < -0.4 is 10.1 Å². The first kappa shape index (κ1) is 18.9. The van der Waals surface area contributed by atoms with Crippen LogP contribution in [-0.4, -0.2) is 43.5 Å². The predicted octanol–water partition coefficient (Wildman–Crippen LogP) is 1.17. The molecule has 0 saturated carbocycles. The summed E-state index contributed by atoms with van der Waals surface area (Å²) in [6.45, 7) is 0.102. The second-order valence-corrected chi connectivity index (χ2v) is 7.46. The summed E-state index contributed by atoms with van der Waals surface area (Å²) in [5, 5.41) is 2.72. The molecule has 0 fully saturated rings. The van der Waals surface area contributed by atoms with E-state index in [2.05, 4.69) is 10.3 Å². The van der Waals surface area contributed by atoms with Gasteiger partial charge in [0.2, 0.25) is 15.9 Å². The lowest BCUT2D eigenvalue weighted by atomic mass is 10.2. The molecule has 0 aliphatic heterocycles. The number of carbonyl (C=O) groups excluding carboxylic acids is 1. The maximum Gasteiger partial charge on any atom is 0.235 e. The van der Waals surface area contributed by atoms with Crippen LogP contribution in [0.1, 0.15) is 11.3 Å². The largest absolute Gasteiger partial charge is 0.497 e. The van der Waals surface area contributed by atoms with E-state index < -0.39 is 10.0 Å². The quantitative estimate of drug-likeness (QED) is 0.760. The predicted molar refractivity (Wildman–Crippen MR) is 94.3 cm³/mol. The van der Waals surface area contributed by atoms with Crippen LogP contribution in [0.15, 0.2) is 48.7 Å². The number of pyridine rings is 1. The average Bonchev–Trinajstić information content (AvgIpc) is 2.60. The fraction of sp³-hybridized carbons (Fsp3) is 0.294. The van der Waals surface area contributed by atoms with Gasteiger partial charge in [-0.2, -0.15) is 4.31 Å². The fourth-order valence-electron chi connectivity index (χ4n) is 2.12. The lowest BCUT2D eigenvalue weighted by Crippen LogP contribution is -2.39. The van der Waals surface area contributed by atoms with Crippen LogP contribution in [0.4, 0.5) is 0 Å². The highest BCUT2D eigenvalue weighted by atomic mass is 32.2. The van der Waals surface area contributed by atoms with Gasteiger partial charge in [0.15, 0.2) is 0 Å². The summed E-state index contributed by atoms with van der Waals surface area (Å²) < 4.78 is 30.0. The number of carbonyl (C=O) groups is 1. The highest BCUT2D eigenvalue weighted by Gasteiger charge is 2.20. The number of nitrogens with one attached hydrogen (secondary N) is 1. The van der Waals surface area contributed by atoms with Crippen molar-refractivity contribution in [3.8, 4) is 5.75 Å². The Labute approximate surface area is 147 Å². The van der Waals surface area contributed by atoms with Gasteiger partial charge >= 0.3 is 0 Å². The molecule has 8 heteroatoms. The average molecular weight is 363 g/mol. The molecule has 0 saturated heterocycles. The van der Waals surface area contributed by atoms with Crippen molar-refractivity contribution < 1.29 is 17.9 Å². The van der Waals surface area contributed by atoms with E-state index in [-0.39, 0.29) is 19.0 Å². The van der Waals surface area contributed by atoms with E-state index in [1.165, 1.54) is 0 Å². The Hall–Kier alpha value is -2.45. The van der Waals surface area contributed by atoms with Crippen LogP contribution in [0, 0.1) is 0 Å². The van der Waals surface area contributed by atoms with Gasteiger partial charge in [0.05, 0.1) is 32.1 Å². The van der Waals surface area contributed by atoms with Gasteiger partial charge in [-0.25, -0.2) is 8.42 Å². The minimum atomic E-state index is -3.53. The Morgan fingerprint density at radius 2 is 1.92 bits per heavy atom. The number of nitrogens with zero attached hydrogens (tertiary/aromatic N) is 2. The van der Waals surface area contributed by atoms with E-state index in [0.717, 1.165) is 21.9 Å². The number of hydrogen-bond acceptors (Lipinski definition) is 5. The summed E-state index contributed by atoms with van der Waals surface area (Å²) in [6.07, 6.45) is 2.66. The summed E-state index contributed by atoms with van der Waals surface area (Å²) in [7, 11) is -1.95. The second-order valence-electron chi connectivity index (χ2n) is 5.48. The molecule has 25 heavy (non-hydrogen) atoms. The monoisotopic (exact) mass is 363 g/mol. The van der Waals surface area contributed by atoms with Gasteiger partial charge in [-0.05, 0) is 29.8 Å². The summed E-state index contributed by atoms with van der Waals surface area (Å²) in [4.78, 5) is 16.2. The van der Waals surface area contributed by atoms with Gasteiger partial charge in [-0.3, -0.25) is 9.78 Å². The molecule has 0 radical (unpaired) electrons. The van der Waals surface area contributed by atoms with Crippen molar-refractivity contribution in [1.29, 1.82) is 0 Å². The normalized spacial score (nSPS) is 11.3. The molecular formula is C17H21N3O4S. The molecule has 0 aliphatic carbocycles. The first-order chi connectivity index (χ1) is 11.9. The van der Waals surface area contributed by atoms with E-state index in [1.54, 1.807) is 43.6 Å². The number of rotatable bonds is 8. The van der Waals surface area contributed by atoms with Crippen LogP contribution in [0.3, 0.4) is 0 Å². The molecule has 1 heterocycles. The maximum atomic E-state index is 12.1. The third kappa shape index (κ3) is 6.17. The van der Waals surface area contributed by atoms with Gasteiger partial charge in [-0.15, -0.1) is 0 Å². The standard InChI is InChI=1S/C17H21N3O4S/c1-24-16-8-6-14(7-9-16)11-19-17(21)13-20(25(2,22)23)12-15-5-3-4-10-18-15/h3-10H,11-13H2,1-2H3,(H,19,21). The Balaban J connectivity index is 1.94. The molecule has 1 N–H and O–H groups in total. The van der Waals surface area contributed by atoms with E-state index in [9.17, 15) is 13.2 Å². The van der Waals surface area contributed by atoms with Crippen LogP contribution in [-0.2, 0) is 27.9 Å². The smallest absolute Gasteiger partial charge is 0.235 e. The third-order valence-corrected chi connectivity index (χ3v) is 4.70. The molecule has 0 spiro atoms. The lowest BCUT2D eigenvalue weighted by molar-refractivity contribution is -0.121. The molecule has 0 bridgehead atoms. The first-order valence-electron chi connectivity index (χ1n) is 7.63. The van der Waals surface area contributed by atoms with Crippen molar-refractivity contribution in [2.75, 3.05) is 19.9 Å². The summed E-state index contributed by atoms with van der Waals surface area (Å²) >= 11 is 0. The minimum Gasteiger partial charge on any atom is -0.497 e. The number of methoxy groups -OCH3 is 1. The Morgan fingerprint density at radius 3 is 2.48 bits per heavy atom. The zero-order valence-electron chi connectivity index (χ0n) is 14.2. The second kappa shape index (κ2) is 8.59. The summed E-state index contributed by atoms with van der Waals surface area (Å²) in [5.41, 5.74) is 1.47. The molecule has 1 aromatic carbocycles. The van der Waals surface area contributed by atoms with Crippen LogP contribution >= 0.6 is 0 Å². The Bertz CT molecular complexity index is 792. The maximum absolute atomic E-state index is 12.1. The topological polar surface area (TPSA) is 88.6 Å². The van der Waals surface area contributed by atoms with Crippen LogP contribution in [0.5, 0.6) is 5.75 Å². The Morgan fingerprint density at radius 1 is 1.20 bits per heavy atom. The molecule has 1 aromatic heterocycles. The van der Waals surface area contributed by atoms with E-state index >= 15 is 0 Å². The zero-order valence-corrected chi connectivity index (χ0v) is 15.0. The number of ether oxygens (including phenoxy) is 1. The fourth-order valence-corrected chi connectivity index (χ4v) is 2.84. The van der Waals surface area contributed by atoms with Gasteiger partial charge in [0.1, 0.15) is 5.75 Å². The molecule has 0 atom stereocenters. The highest BCUT2D eigenvalue weighted by molar-refractivity contribution is 7.88. The van der Waals surface area contributed by atoms with E-state index in [4.69, 9.17) is 4.74 Å². The number of sulfonamides is 1. The van der Waals surface area contributed by atoms with Crippen molar-refractivity contribution in [3.05, 3.63) is 59.9 Å². The van der Waals surface area contributed by atoms with Crippen LogP contribution in [0.25, 0.3) is 0 Å². The molecule has 2 aromatic rings. The molecule has 7 nitrogen and oxygen atoms in total.